The molecule has 0 saturated carbocycles. The number of hydrogen-bond acceptors (Lipinski definition) is 6. The number of unbranched alkanes of at least 4 members (excludes halogenated alkanes) is 40. The smallest absolute Gasteiger partial charge is 0.306 e. The molecular formula is C73H130O6. The van der Waals surface area contributed by atoms with E-state index in [0.717, 1.165) is 83.5 Å². The van der Waals surface area contributed by atoms with Crippen LogP contribution in [0.3, 0.4) is 0 Å². The second-order valence-electron chi connectivity index (χ2n) is 23.1. The highest BCUT2D eigenvalue weighted by atomic mass is 16.6. The van der Waals surface area contributed by atoms with Gasteiger partial charge in [0.25, 0.3) is 0 Å². The van der Waals surface area contributed by atoms with Crippen LogP contribution in [-0.2, 0) is 28.6 Å². The minimum absolute atomic E-state index is 0.0759. The Labute approximate surface area is 491 Å². The predicted molar refractivity (Wildman–Crippen MR) is 344 cm³/mol. The summed E-state index contributed by atoms with van der Waals surface area (Å²) in [4.78, 5) is 38.5. The van der Waals surface area contributed by atoms with E-state index in [-0.39, 0.29) is 31.1 Å². The topological polar surface area (TPSA) is 78.9 Å². The largest absolute Gasteiger partial charge is 0.462 e. The summed E-state index contributed by atoms with van der Waals surface area (Å²) in [5.74, 6) is -0.864. The first-order valence-electron chi connectivity index (χ1n) is 34.4. The Morgan fingerprint density at radius 2 is 0.494 bits per heavy atom. The molecule has 0 aliphatic rings. The third-order valence-corrected chi connectivity index (χ3v) is 15.2. The van der Waals surface area contributed by atoms with Crippen molar-refractivity contribution in [3.05, 3.63) is 72.9 Å². The fourth-order valence-corrected chi connectivity index (χ4v) is 10.0. The van der Waals surface area contributed by atoms with Crippen molar-refractivity contribution >= 4 is 17.9 Å². The summed E-state index contributed by atoms with van der Waals surface area (Å²) < 4.78 is 17.0. The van der Waals surface area contributed by atoms with Crippen molar-refractivity contribution in [2.24, 2.45) is 0 Å². The number of esters is 3. The van der Waals surface area contributed by atoms with E-state index in [4.69, 9.17) is 14.2 Å². The molecule has 6 nitrogen and oxygen atoms in total. The second-order valence-corrected chi connectivity index (χ2v) is 23.1. The zero-order valence-electron chi connectivity index (χ0n) is 52.6. The molecule has 1 atom stereocenters. The van der Waals surface area contributed by atoms with Crippen LogP contribution in [0.25, 0.3) is 0 Å². The lowest BCUT2D eigenvalue weighted by atomic mass is 10.0. The van der Waals surface area contributed by atoms with Gasteiger partial charge in [-0.2, -0.15) is 0 Å². The highest BCUT2D eigenvalue weighted by molar-refractivity contribution is 5.71. The van der Waals surface area contributed by atoms with E-state index in [2.05, 4.69) is 93.7 Å². The second kappa shape index (κ2) is 67.4. The summed E-state index contributed by atoms with van der Waals surface area (Å²) in [5.41, 5.74) is 0. The molecular weight excluding hydrogens is 973 g/mol. The van der Waals surface area contributed by atoms with Crippen LogP contribution in [0.15, 0.2) is 72.9 Å². The molecule has 0 amide bonds. The van der Waals surface area contributed by atoms with Crippen LogP contribution in [0.5, 0.6) is 0 Å². The average molecular weight is 1100 g/mol. The Hall–Kier alpha value is -3.15. The molecule has 0 radical (unpaired) electrons. The molecule has 0 aliphatic carbocycles. The molecule has 458 valence electrons. The van der Waals surface area contributed by atoms with Gasteiger partial charge >= 0.3 is 17.9 Å². The molecule has 1 unspecified atom stereocenters. The van der Waals surface area contributed by atoms with Gasteiger partial charge in [-0.05, 0) is 109 Å². The fourth-order valence-electron chi connectivity index (χ4n) is 10.0. The Bertz CT molecular complexity index is 1450. The van der Waals surface area contributed by atoms with Crippen LogP contribution in [0.2, 0.25) is 0 Å². The molecule has 0 N–H and O–H groups in total. The summed E-state index contributed by atoms with van der Waals surface area (Å²) in [6, 6.07) is 0. The maximum absolute atomic E-state index is 13.0. The predicted octanol–water partition coefficient (Wildman–Crippen LogP) is 23.7. The van der Waals surface area contributed by atoms with Crippen molar-refractivity contribution < 1.29 is 28.6 Å². The van der Waals surface area contributed by atoms with E-state index >= 15 is 0 Å². The van der Waals surface area contributed by atoms with Crippen LogP contribution < -0.4 is 0 Å². The Morgan fingerprint density at radius 1 is 0.266 bits per heavy atom. The van der Waals surface area contributed by atoms with Crippen LogP contribution in [0.1, 0.15) is 355 Å². The fraction of sp³-hybridized carbons (Fsp3) is 0.795. The molecule has 0 aliphatic heterocycles. The Balaban J connectivity index is 4.36. The van der Waals surface area contributed by atoms with Crippen molar-refractivity contribution in [1.82, 2.24) is 0 Å². The third-order valence-electron chi connectivity index (χ3n) is 15.2. The lowest BCUT2D eigenvalue weighted by Gasteiger charge is -2.18. The van der Waals surface area contributed by atoms with E-state index < -0.39 is 6.10 Å². The number of allylic oxidation sites excluding steroid dienone is 12. The van der Waals surface area contributed by atoms with Crippen LogP contribution in [0, 0.1) is 0 Å². The van der Waals surface area contributed by atoms with E-state index in [0.29, 0.717) is 19.3 Å². The van der Waals surface area contributed by atoms with Crippen molar-refractivity contribution in [2.75, 3.05) is 13.2 Å². The Kier molecular flexibility index (Phi) is 64.7. The normalized spacial score (nSPS) is 12.5. The molecule has 6 heteroatoms. The SMILES string of the molecule is CC/C=C\C/C=C\C/C=C\C/C=C\CCCCCCCCCCCCC(=O)OCC(COC(=O)CCCCCCCCCCC/C=C\CCCCCCCC)OC(=O)CCCCCCCCCCC/C=C\CCCCCCCC. The first kappa shape index (κ1) is 75.8. The van der Waals surface area contributed by atoms with Crippen LogP contribution in [-0.4, -0.2) is 37.2 Å². The highest BCUT2D eigenvalue weighted by Gasteiger charge is 2.19. The molecule has 0 fully saturated rings. The third kappa shape index (κ3) is 65.5. The summed E-state index contributed by atoms with van der Waals surface area (Å²) >= 11 is 0. The van der Waals surface area contributed by atoms with Gasteiger partial charge in [0, 0.05) is 19.3 Å². The Morgan fingerprint density at radius 3 is 0.785 bits per heavy atom. The van der Waals surface area contributed by atoms with Gasteiger partial charge in [0.2, 0.25) is 0 Å². The zero-order valence-corrected chi connectivity index (χ0v) is 52.6. The number of hydrogen-bond donors (Lipinski definition) is 0. The van der Waals surface area contributed by atoms with Gasteiger partial charge in [-0.3, -0.25) is 14.4 Å². The first-order valence-corrected chi connectivity index (χ1v) is 34.4. The van der Waals surface area contributed by atoms with Crippen LogP contribution >= 0.6 is 0 Å². The maximum Gasteiger partial charge on any atom is 0.306 e. The van der Waals surface area contributed by atoms with Gasteiger partial charge in [0.05, 0.1) is 0 Å². The molecule has 0 saturated heterocycles. The number of carbonyl (C=O) groups excluding carboxylic acids is 3. The minimum Gasteiger partial charge on any atom is -0.462 e. The average Bonchev–Trinajstić information content (AvgIpc) is 3.45. The van der Waals surface area contributed by atoms with Crippen LogP contribution in [0.4, 0.5) is 0 Å². The number of carbonyl (C=O) groups is 3. The first-order chi connectivity index (χ1) is 39.0. The number of ether oxygens (including phenoxy) is 3. The zero-order chi connectivity index (χ0) is 57.1. The molecule has 0 aromatic carbocycles. The van der Waals surface area contributed by atoms with E-state index in [1.54, 1.807) is 0 Å². The van der Waals surface area contributed by atoms with Crippen molar-refractivity contribution in [3.8, 4) is 0 Å². The summed E-state index contributed by atoms with van der Waals surface area (Å²) in [6.07, 6.45) is 87.7. The monoisotopic (exact) mass is 1100 g/mol. The molecule has 0 heterocycles. The van der Waals surface area contributed by atoms with Gasteiger partial charge in [-0.1, -0.05) is 299 Å². The molecule has 0 aromatic heterocycles. The van der Waals surface area contributed by atoms with Gasteiger partial charge < -0.3 is 14.2 Å². The van der Waals surface area contributed by atoms with Crippen molar-refractivity contribution in [2.45, 2.75) is 361 Å². The molecule has 0 bridgehead atoms. The van der Waals surface area contributed by atoms with E-state index in [1.165, 1.54) is 231 Å². The van der Waals surface area contributed by atoms with E-state index in [1.807, 2.05) is 0 Å². The lowest BCUT2D eigenvalue weighted by molar-refractivity contribution is -0.167. The summed E-state index contributed by atoms with van der Waals surface area (Å²) in [5, 5.41) is 0. The van der Waals surface area contributed by atoms with Crippen molar-refractivity contribution in [3.63, 3.8) is 0 Å². The van der Waals surface area contributed by atoms with Gasteiger partial charge in [0.15, 0.2) is 6.10 Å². The standard InChI is InChI=1S/C73H130O6/c1-4-7-10-13-16-19-22-25-28-31-34-35-36-37-40-42-45-48-51-54-57-60-63-66-72(75)78-69-70(79-73(76)67-64-61-58-55-52-49-46-43-39-33-30-27-24-21-18-15-12-9-6-3)68-77-71(74)65-62-59-56-53-50-47-44-41-38-32-29-26-23-20-17-14-11-8-5-2/h7,10,16,19,25-30,34-35,70H,4-6,8-9,11-15,17-18,20-24,31-33,36-69H2,1-3H3/b10-7-,19-16-,28-25-,29-26-,30-27-,35-34-. The molecule has 79 heavy (non-hydrogen) atoms. The van der Waals surface area contributed by atoms with Gasteiger partial charge in [0.1, 0.15) is 13.2 Å². The number of rotatable bonds is 63. The minimum atomic E-state index is -0.780. The summed E-state index contributed by atoms with van der Waals surface area (Å²) in [6.45, 7) is 6.57. The summed E-state index contributed by atoms with van der Waals surface area (Å²) in [7, 11) is 0. The van der Waals surface area contributed by atoms with Gasteiger partial charge in [-0.25, -0.2) is 0 Å². The highest BCUT2D eigenvalue weighted by Crippen LogP contribution is 2.17. The van der Waals surface area contributed by atoms with Gasteiger partial charge in [-0.15, -0.1) is 0 Å². The van der Waals surface area contributed by atoms with E-state index in [9.17, 15) is 14.4 Å². The quantitative estimate of drug-likeness (QED) is 0.0261. The lowest BCUT2D eigenvalue weighted by Crippen LogP contribution is -2.30. The maximum atomic E-state index is 13.0. The molecule has 0 rings (SSSR count). The van der Waals surface area contributed by atoms with Crippen molar-refractivity contribution in [1.29, 1.82) is 0 Å². The molecule has 0 aromatic rings. The molecule has 0 spiro atoms.